The fourth-order valence-electron chi connectivity index (χ4n) is 1.26. The van der Waals surface area contributed by atoms with E-state index in [1.807, 2.05) is 16.8 Å². The van der Waals surface area contributed by atoms with Crippen molar-refractivity contribution in [2.45, 2.75) is 6.54 Å². The summed E-state index contributed by atoms with van der Waals surface area (Å²) in [5, 5.41) is 12.7. The molecule has 0 amide bonds. The number of rotatable bonds is 4. The minimum absolute atomic E-state index is 0.0767. The van der Waals surface area contributed by atoms with Crippen LogP contribution in [-0.2, 0) is 6.54 Å². The van der Waals surface area contributed by atoms with E-state index in [0.717, 1.165) is 11.8 Å². The van der Waals surface area contributed by atoms with Gasteiger partial charge in [0.05, 0.1) is 0 Å². The van der Waals surface area contributed by atoms with Crippen LogP contribution in [0.15, 0.2) is 27.5 Å². The van der Waals surface area contributed by atoms with E-state index in [-0.39, 0.29) is 5.69 Å². The zero-order valence-corrected chi connectivity index (χ0v) is 9.40. The van der Waals surface area contributed by atoms with Crippen LogP contribution in [0.3, 0.4) is 0 Å². The maximum atomic E-state index is 10.6. The van der Waals surface area contributed by atoms with Crippen molar-refractivity contribution in [2.24, 2.45) is 0 Å². The van der Waals surface area contributed by atoms with Crippen LogP contribution in [0, 0.1) is 0 Å². The summed E-state index contributed by atoms with van der Waals surface area (Å²) in [7, 11) is 1.80. The quantitative estimate of drug-likeness (QED) is 0.883. The summed E-state index contributed by atoms with van der Waals surface area (Å²) in [6, 6.07) is 2.31. The molecule has 0 unspecified atom stereocenters. The van der Waals surface area contributed by atoms with E-state index in [1.165, 1.54) is 0 Å². The third-order valence-electron chi connectivity index (χ3n) is 2.04. The molecular weight excluding hydrogens is 228 g/mol. The van der Waals surface area contributed by atoms with E-state index in [2.05, 4.69) is 4.98 Å². The summed E-state index contributed by atoms with van der Waals surface area (Å²) in [5.74, 6) is -1.08. The van der Waals surface area contributed by atoms with Crippen LogP contribution in [-0.4, -0.2) is 23.1 Å². The molecule has 0 aliphatic rings. The average molecular weight is 238 g/mol. The lowest BCUT2D eigenvalue weighted by Crippen LogP contribution is -2.16. The van der Waals surface area contributed by atoms with Crippen LogP contribution in [0.4, 0.5) is 6.01 Å². The fraction of sp³-hybridized carbons (Fsp3) is 0.200. The van der Waals surface area contributed by atoms with E-state index in [0.29, 0.717) is 12.6 Å². The smallest absolute Gasteiger partial charge is 0.357 e. The molecule has 0 aliphatic heterocycles. The number of nitrogens with zero attached hydrogens (tertiary/aromatic N) is 2. The highest BCUT2D eigenvalue weighted by molar-refractivity contribution is 7.07. The van der Waals surface area contributed by atoms with E-state index in [9.17, 15) is 4.79 Å². The zero-order chi connectivity index (χ0) is 11.5. The molecule has 0 fully saturated rings. The normalized spacial score (nSPS) is 10.3. The molecule has 0 radical (unpaired) electrons. The monoisotopic (exact) mass is 238 g/mol. The van der Waals surface area contributed by atoms with Gasteiger partial charge in [-0.05, 0) is 22.4 Å². The molecule has 5 nitrogen and oxygen atoms in total. The highest BCUT2D eigenvalue weighted by atomic mass is 32.1. The largest absolute Gasteiger partial charge is 0.476 e. The molecule has 0 aromatic carbocycles. The van der Waals surface area contributed by atoms with Crippen molar-refractivity contribution in [3.05, 3.63) is 34.3 Å². The summed E-state index contributed by atoms with van der Waals surface area (Å²) >= 11 is 1.62. The molecule has 16 heavy (non-hydrogen) atoms. The first-order valence-corrected chi connectivity index (χ1v) is 5.52. The SMILES string of the molecule is CN(Cc1ccsc1)c1nc(C(=O)O)co1. The van der Waals surface area contributed by atoms with Crippen LogP contribution in [0.1, 0.15) is 16.1 Å². The lowest BCUT2D eigenvalue weighted by atomic mass is 10.3. The Bertz CT molecular complexity index is 478. The predicted octanol–water partition coefficient (Wildman–Crippen LogP) is 2.07. The van der Waals surface area contributed by atoms with Crippen molar-refractivity contribution in [2.75, 3.05) is 11.9 Å². The van der Waals surface area contributed by atoms with Crippen molar-refractivity contribution in [1.82, 2.24) is 4.98 Å². The number of carbonyl (C=O) groups is 1. The molecule has 0 atom stereocenters. The number of hydrogen-bond donors (Lipinski definition) is 1. The second-order valence-corrected chi connectivity index (χ2v) is 4.09. The first-order chi connectivity index (χ1) is 7.66. The van der Waals surface area contributed by atoms with Gasteiger partial charge in [0.25, 0.3) is 6.01 Å². The predicted molar refractivity (Wildman–Crippen MR) is 59.9 cm³/mol. The van der Waals surface area contributed by atoms with Crippen LogP contribution in [0.25, 0.3) is 0 Å². The molecular formula is C10H10N2O3S. The van der Waals surface area contributed by atoms with Gasteiger partial charge < -0.3 is 14.4 Å². The van der Waals surface area contributed by atoms with Crippen LogP contribution < -0.4 is 4.90 Å². The van der Waals surface area contributed by atoms with Crippen molar-refractivity contribution in [3.63, 3.8) is 0 Å². The van der Waals surface area contributed by atoms with E-state index >= 15 is 0 Å². The molecule has 2 heterocycles. The lowest BCUT2D eigenvalue weighted by molar-refractivity contribution is 0.0690. The van der Waals surface area contributed by atoms with Crippen LogP contribution in [0.2, 0.25) is 0 Å². The molecule has 0 saturated heterocycles. The topological polar surface area (TPSA) is 66.6 Å². The number of anilines is 1. The van der Waals surface area contributed by atoms with Gasteiger partial charge in [-0.25, -0.2) is 4.79 Å². The number of hydrogen-bond acceptors (Lipinski definition) is 5. The summed E-state index contributed by atoms with van der Waals surface area (Å²) in [6.45, 7) is 0.642. The van der Waals surface area contributed by atoms with E-state index < -0.39 is 5.97 Å². The molecule has 6 heteroatoms. The second-order valence-electron chi connectivity index (χ2n) is 3.31. The standard InChI is InChI=1S/C10H10N2O3S/c1-12(4-7-2-3-16-6-7)10-11-8(5-15-10)9(13)14/h2-3,5-6H,4H2,1H3,(H,13,14). The highest BCUT2D eigenvalue weighted by Crippen LogP contribution is 2.16. The number of oxazole rings is 1. The molecule has 84 valence electrons. The molecule has 2 aromatic rings. The van der Waals surface area contributed by atoms with Gasteiger partial charge in [0.1, 0.15) is 6.26 Å². The Kier molecular flexibility index (Phi) is 2.91. The fourth-order valence-corrected chi connectivity index (χ4v) is 1.92. The highest BCUT2D eigenvalue weighted by Gasteiger charge is 2.13. The Hall–Kier alpha value is -1.82. The van der Waals surface area contributed by atoms with Gasteiger partial charge in [-0.2, -0.15) is 16.3 Å². The number of thiophene rings is 1. The van der Waals surface area contributed by atoms with Crippen LogP contribution >= 0.6 is 11.3 Å². The Balaban J connectivity index is 2.08. The van der Waals surface area contributed by atoms with Gasteiger partial charge in [-0.15, -0.1) is 0 Å². The lowest BCUT2D eigenvalue weighted by Gasteiger charge is -2.12. The second kappa shape index (κ2) is 4.36. The first kappa shape index (κ1) is 10.7. The third kappa shape index (κ3) is 2.22. The van der Waals surface area contributed by atoms with Crippen LogP contribution in [0.5, 0.6) is 0 Å². The Morgan fingerprint density at radius 2 is 2.50 bits per heavy atom. The van der Waals surface area contributed by atoms with Crippen molar-refractivity contribution in [1.29, 1.82) is 0 Å². The van der Waals surface area contributed by atoms with Gasteiger partial charge in [0, 0.05) is 13.6 Å². The minimum atomic E-state index is -1.08. The van der Waals surface area contributed by atoms with Gasteiger partial charge in [-0.3, -0.25) is 0 Å². The number of aromatic carboxylic acids is 1. The summed E-state index contributed by atoms with van der Waals surface area (Å²) in [5.41, 5.74) is 1.06. The Morgan fingerprint density at radius 3 is 3.06 bits per heavy atom. The number of aromatic nitrogens is 1. The molecule has 2 rings (SSSR count). The van der Waals surface area contributed by atoms with Gasteiger partial charge >= 0.3 is 5.97 Å². The zero-order valence-electron chi connectivity index (χ0n) is 8.58. The van der Waals surface area contributed by atoms with Gasteiger partial charge in [0.15, 0.2) is 5.69 Å². The molecule has 1 N–H and O–H groups in total. The first-order valence-electron chi connectivity index (χ1n) is 4.58. The molecule has 0 saturated carbocycles. The van der Waals surface area contributed by atoms with Gasteiger partial charge in [0.2, 0.25) is 0 Å². The molecule has 0 bridgehead atoms. The number of carboxylic acid groups (broad SMARTS) is 1. The maximum absolute atomic E-state index is 10.6. The Morgan fingerprint density at radius 1 is 1.69 bits per heavy atom. The average Bonchev–Trinajstić information content (AvgIpc) is 2.86. The van der Waals surface area contributed by atoms with E-state index in [4.69, 9.17) is 9.52 Å². The molecule has 0 spiro atoms. The van der Waals surface area contributed by atoms with E-state index in [1.54, 1.807) is 23.3 Å². The molecule has 0 aliphatic carbocycles. The third-order valence-corrected chi connectivity index (χ3v) is 2.77. The summed E-state index contributed by atoms with van der Waals surface area (Å²) in [6.07, 6.45) is 1.14. The Labute approximate surface area is 96.0 Å². The maximum Gasteiger partial charge on any atom is 0.357 e. The van der Waals surface area contributed by atoms with Crippen molar-refractivity contribution >= 4 is 23.3 Å². The van der Waals surface area contributed by atoms with Gasteiger partial charge in [-0.1, -0.05) is 0 Å². The number of carboxylic acids is 1. The minimum Gasteiger partial charge on any atom is -0.476 e. The van der Waals surface area contributed by atoms with Crippen molar-refractivity contribution < 1.29 is 14.3 Å². The van der Waals surface area contributed by atoms with Crippen molar-refractivity contribution in [3.8, 4) is 0 Å². The molecule has 2 aromatic heterocycles. The summed E-state index contributed by atoms with van der Waals surface area (Å²) < 4.78 is 5.07. The summed E-state index contributed by atoms with van der Waals surface area (Å²) in [4.78, 5) is 16.2.